The summed E-state index contributed by atoms with van der Waals surface area (Å²) in [5.41, 5.74) is 0.222. The number of thiazole rings is 1. The molecule has 8 heteroatoms. The van der Waals surface area contributed by atoms with Crippen LogP contribution < -0.4 is 10.9 Å². The van der Waals surface area contributed by atoms with Crippen LogP contribution in [0.15, 0.2) is 10.9 Å². The van der Waals surface area contributed by atoms with Crippen molar-refractivity contribution in [1.82, 2.24) is 14.7 Å². The van der Waals surface area contributed by atoms with E-state index in [9.17, 15) is 9.59 Å². The van der Waals surface area contributed by atoms with Crippen molar-refractivity contribution < 1.29 is 4.79 Å². The lowest BCUT2D eigenvalue weighted by atomic mass is 10.4. The molecule has 0 saturated heterocycles. The fourth-order valence-electron chi connectivity index (χ4n) is 1.50. The molecular formula is C10H9Cl2N3O2S. The average molecular weight is 306 g/mol. The fraction of sp³-hybridized carbons (Fsp3) is 0.300. The maximum Gasteiger partial charge on any atom is 0.270 e. The standard InChI is InChI=1S/C10H9Cl2N3O2S/c1-2-13-9(17)7-8(12)18-10-14-5(4-11)3-6(16)15(7)10/h3H,2,4H2,1H3,(H,13,17). The fourth-order valence-corrected chi connectivity index (χ4v) is 2.89. The highest BCUT2D eigenvalue weighted by Crippen LogP contribution is 2.26. The lowest BCUT2D eigenvalue weighted by Gasteiger charge is -2.02. The molecule has 0 radical (unpaired) electrons. The number of halogens is 2. The van der Waals surface area contributed by atoms with E-state index in [1.165, 1.54) is 10.5 Å². The van der Waals surface area contributed by atoms with Gasteiger partial charge in [-0.3, -0.25) is 9.59 Å². The molecule has 0 aliphatic rings. The Bertz CT molecular complexity index is 665. The van der Waals surface area contributed by atoms with Crippen molar-refractivity contribution in [3.8, 4) is 0 Å². The van der Waals surface area contributed by atoms with Gasteiger partial charge in [0.15, 0.2) is 4.96 Å². The first-order valence-corrected chi connectivity index (χ1v) is 6.86. The van der Waals surface area contributed by atoms with Crippen molar-refractivity contribution >= 4 is 45.4 Å². The topological polar surface area (TPSA) is 63.5 Å². The minimum Gasteiger partial charge on any atom is -0.351 e. The van der Waals surface area contributed by atoms with Crippen molar-refractivity contribution in [3.63, 3.8) is 0 Å². The molecule has 0 aromatic carbocycles. The molecule has 0 aliphatic carbocycles. The van der Waals surface area contributed by atoms with Gasteiger partial charge in [0.1, 0.15) is 10.0 Å². The normalized spacial score (nSPS) is 10.8. The molecule has 1 amide bonds. The lowest BCUT2D eigenvalue weighted by Crippen LogP contribution is -2.27. The maximum atomic E-state index is 11.9. The van der Waals surface area contributed by atoms with E-state index in [4.69, 9.17) is 23.2 Å². The molecule has 96 valence electrons. The number of rotatable bonds is 3. The largest absolute Gasteiger partial charge is 0.351 e. The van der Waals surface area contributed by atoms with Crippen LogP contribution in [0.1, 0.15) is 23.1 Å². The second-order valence-electron chi connectivity index (χ2n) is 3.42. The predicted molar refractivity (Wildman–Crippen MR) is 71.9 cm³/mol. The van der Waals surface area contributed by atoms with Gasteiger partial charge < -0.3 is 5.32 Å². The lowest BCUT2D eigenvalue weighted by molar-refractivity contribution is 0.0950. The first-order valence-electron chi connectivity index (χ1n) is 5.13. The summed E-state index contributed by atoms with van der Waals surface area (Å²) < 4.78 is 1.44. The zero-order valence-electron chi connectivity index (χ0n) is 9.37. The van der Waals surface area contributed by atoms with Crippen LogP contribution in [-0.2, 0) is 5.88 Å². The first-order chi connectivity index (χ1) is 8.58. The molecule has 2 heterocycles. The highest BCUT2D eigenvalue weighted by Gasteiger charge is 2.19. The Hall–Kier alpha value is -1.11. The van der Waals surface area contributed by atoms with Crippen LogP contribution in [0.25, 0.3) is 4.96 Å². The monoisotopic (exact) mass is 305 g/mol. The Morgan fingerprint density at radius 2 is 2.33 bits per heavy atom. The highest BCUT2D eigenvalue weighted by molar-refractivity contribution is 7.21. The van der Waals surface area contributed by atoms with Gasteiger partial charge in [0.25, 0.3) is 11.5 Å². The Morgan fingerprint density at radius 1 is 1.61 bits per heavy atom. The molecule has 0 bridgehead atoms. The van der Waals surface area contributed by atoms with E-state index in [2.05, 4.69) is 10.3 Å². The van der Waals surface area contributed by atoms with Gasteiger partial charge in [-0.25, -0.2) is 9.38 Å². The number of amides is 1. The molecule has 2 rings (SSSR count). The van der Waals surface area contributed by atoms with Crippen molar-refractivity contribution in [2.24, 2.45) is 0 Å². The van der Waals surface area contributed by atoms with E-state index >= 15 is 0 Å². The molecule has 5 nitrogen and oxygen atoms in total. The van der Waals surface area contributed by atoms with Crippen LogP contribution in [0.4, 0.5) is 0 Å². The predicted octanol–water partition coefficient (Wildman–Crippen LogP) is 1.90. The zero-order valence-corrected chi connectivity index (χ0v) is 11.7. The van der Waals surface area contributed by atoms with E-state index in [0.29, 0.717) is 17.2 Å². The summed E-state index contributed by atoms with van der Waals surface area (Å²) in [6.07, 6.45) is 0. The first kappa shape index (κ1) is 13.3. The second kappa shape index (κ2) is 5.26. The summed E-state index contributed by atoms with van der Waals surface area (Å²) in [5.74, 6) is -0.256. The van der Waals surface area contributed by atoms with Crippen LogP contribution >= 0.6 is 34.5 Å². The number of hydrogen-bond acceptors (Lipinski definition) is 4. The summed E-state index contributed by atoms with van der Waals surface area (Å²) in [4.78, 5) is 28.3. The zero-order chi connectivity index (χ0) is 13.3. The summed E-state index contributed by atoms with van der Waals surface area (Å²) in [5, 5.41) is 2.61. The number of carbonyl (C=O) groups excluding carboxylic acids is 1. The van der Waals surface area contributed by atoms with E-state index in [0.717, 1.165) is 11.3 Å². The number of fused-ring (bicyclic) bond motifs is 1. The summed E-state index contributed by atoms with van der Waals surface area (Å²) >= 11 is 12.7. The maximum absolute atomic E-state index is 11.9. The summed E-state index contributed by atoms with van der Waals surface area (Å²) in [6.45, 7) is 2.24. The third-order valence-corrected chi connectivity index (χ3v) is 3.73. The third-order valence-electron chi connectivity index (χ3n) is 2.22. The smallest absolute Gasteiger partial charge is 0.270 e. The average Bonchev–Trinajstić information content (AvgIpc) is 2.66. The van der Waals surface area contributed by atoms with Gasteiger partial charge in [-0.15, -0.1) is 11.6 Å². The van der Waals surface area contributed by atoms with Gasteiger partial charge >= 0.3 is 0 Å². The van der Waals surface area contributed by atoms with Gasteiger partial charge in [0.2, 0.25) is 0 Å². The highest BCUT2D eigenvalue weighted by atomic mass is 35.5. The van der Waals surface area contributed by atoms with Crippen molar-refractivity contribution in [1.29, 1.82) is 0 Å². The number of aromatic nitrogens is 2. The second-order valence-corrected chi connectivity index (χ2v) is 5.27. The number of hydrogen-bond donors (Lipinski definition) is 1. The van der Waals surface area contributed by atoms with Gasteiger partial charge in [0, 0.05) is 12.6 Å². The van der Waals surface area contributed by atoms with Gasteiger partial charge in [-0.1, -0.05) is 22.9 Å². The molecule has 0 spiro atoms. The molecule has 0 unspecified atom stereocenters. The van der Waals surface area contributed by atoms with Crippen LogP contribution in [0.5, 0.6) is 0 Å². The molecule has 0 saturated carbocycles. The number of nitrogens with zero attached hydrogens (tertiary/aromatic N) is 2. The number of carbonyl (C=O) groups is 1. The molecule has 2 aromatic heterocycles. The summed E-state index contributed by atoms with van der Waals surface area (Å²) in [6, 6.07) is 1.30. The van der Waals surface area contributed by atoms with Gasteiger partial charge in [0.05, 0.1) is 11.6 Å². The molecule has 2 aromatic rings. The van der Waals surface area contributed by atoms with Gasteiger partial charge in [-0.05, 0) is 6.92 Å². The minimum atomic E-state index is -0.392. The third kappa shape index (κ3) is 2.23. The molecule has 0 atom stereocenters. The molecule has 1 N–H and O–H groups in total. The Morgan fingerprint density at radius 3 is 2.94 bits per heavy atom. The molecule has 0 fully saturated rings. The minimum absolute atomic E-state index is 0.122. The Balaban J connectivity index is 2.71. The van der Waals surface area contributed by atoms with Crippen LogP contribution in [0, 0.1) is 0 Å². The van der Waals surface area contributed by atoms with Gasteiger partial charge in [-0.2, -0.15) is 0 Å². The van der Waals surface area contributed by atoms with Crippen LogP contribution in [0.2, 0.25) is 4.34 Å². The SMILES string of the molecule is CCNC(=O)c1c(Cl)sc2nc(CCl)cc(=O)n12. The van der Waals surface area contributed by atoms with Crippen molar-refractivity contribution in [2.45, 2.75) is 12.8 Å². The van der Waals surface area contributed by atoms with Crippen LogP contribution in [0.3, 0.4) is 0 Å². The summed E-state index contributed by atoms with van der Waals surface area (Å²) in [7, 11) is 0. The molecular weight excluding hydrogens is 297 g/mol. The Labute approximate surface area is 116 Å². The van der Waals surface area contributed by atoms with Crippen molar-refractivity contribution in [3.05, 3.63) is 32.1 Å². The van der Waals surface area contributed by atoms with E-state index in [1.807, 2.05) is 0 Å². The number of nitrogens with one attached hydrogen (secondary N) is 1. The van der Waals surface area contributed by atoms with E-state index < -0.39 is 5.91 Å². The van der Waals surface area contributed by atoms with Crippen LogP contribution in [-0.4, -0.2) is 21.8 Å². The number of alkyl halides is 1. The quantitative estimate of drug-likeness (QED) is 0.881. The van der Waals surface area contributed by atoms with Crippen molar-refractivity contribution in [2.75, 3.05) is 6.54 Å². The van der Waals surface area contributed by atoms with E-state index in [-0.39, 0.29) is 21.5 Å². The molecule has 0 aliphatic heterocycles. The Kier molecular flexibility index (Phi) is 3.89. The van der Waals surface area contributed by atoms with E-state index in [1.54, 1.807) is 6.92 Å². The molecule has 18 heavy (non-hydrogen) atoms.